The van der Waals surface area contributed by atoms with Crippen molar-refractivity contribution in [2.75, 3.05) is 5.75 Å². The van der Waals surface area contributed by atoms with Crippen LogP contribution < -0.4 is 0 Å². The van der Waals surface area contributed by atoms with E-state index in [0.29, 0.717) is 0 Å². The van der Waals surface area contributed by atoms with Crippen molar-refractivity contribution in [1.82, 2.24) is 0 Å². The van der Waals surface area contributed by atoms with Crippen LogP contribution in [-0.4, -0.2) is 5.75 Å². The van der Waals surface area contributed by atoms with Gasteiger partial charge in [-0.15, -0.1) is 0 Å². The lowest BCUT2D eigenvalue weighted by Crippen LogP contribution is -1.77. The predicted octanol–water partition coefficient (Wildman–Crippen LogP) is 3.38. The van der Waals surface area contributed by atoms with Gasteiger partial charge >= 0.3 is 0 Å². The SMILES string of the molecule is C\C=C/C=C(C)\C=C(/C)CS. The highest BCUT2D eigenvalue weighted by Gasteiger charge is 1.84. The van der Waals surface area contributed by atoms with Crippen LogP contribution in [0.3, 0.4) is 0 Å². The van der Waals surface area contributed by atoms with E-state index < -0.39 is 0 Å². The minimum absolute atomic E-state index is 0.834. The van der Waals surface area contributed by atoms with E-state index in [1.807, 2.05) is 19.1 Å². The van der Waals surface area contributed by atoms with Gasteiger partial charge in [0.25, 0.3) is 0 Å². The fourth-order valence-electron chi connectivity index (χ4n) is 0.730. The highest BCUT2D eigenvalue weighted by Crippen LogP contribution is 2.02. The molecule has 0 aromatic heterocycles. The molecule has 0 saturated carbocycles. The molecular formula is C10H16S. The Morgan fingerprint density at radius 3 is 2.45 bits per heavy atom. The van der Waals surface area contributed by atoms with Crippen molar-refractivity contribution in [3.8, 4) is 0 Å². The van der Waals surface area contributed by atoms with Gasteiger partial charge in [-0.05, 0) is 20.8 Å². The Morgan fingerprint density at radius 1 is 1.36 bits per heavy atom. The lowest BCUT2D eigenvalue weighted by Gasteiger charge is -1.93. The van der Waals surface area contributed by atoms with Gasteiger partial charge in [-0.3, -0.25) is 0 Å². The first-order valence-electron chi connectivity index (χ1n) is 3.78. The molecule has 0 aliphatic rings. The minimum atomic E-state index is 0.834. The molecule has 62 valence electrons. The van der Waals surface area contributed by atoms with E-state index in [-0.39, 0.29) is 0 Å². The molecule has 0 spiro atoms. The maximum atomic E-state index is 4.17. The van der Waals surface area contributed by atoms with Gasteiger partial charge in [0.05, 0.1) is 0 Å². The number of hydrogen-bond acceptors (Lipinski definition) is 1. The monoisotopic (exact) mass is 168 g/mol. The topological polar surface area (TPSA) is 0 Å². The van der Waals surface area contributed by atoms with Gasteiger partial charge in [0.1, 0.15) is 0 Å². The van der Waals surface area contributed by atoms with E-state index in [0.717, 1.165) is 5.75 Å². The van der Waals surface area contributed by atoms with E-state index >= 15 is 0 Å². The predicted molar refractivity (Wildman–Crippen MR) is 56.2 cm³/mol. The molecule has 0 aromatic rings. The van der Waals surface area contributed by atoms with Crippen LogP contribution in [0.2, 0.25) is 0 Å². The van der Waals surface area contributed by atoms with Crippen LogP contribution in [0.15, 0.2) is 35.5 Å². The molecule has 0 amide bonds. The highest BCUT2D eigenvalue weighted by atomic mass is 32.1. The van der Waals surface area contributed by atoms with E-state index in [1.165, 1.54) is 11.1 Å². The number of allylic oxidation sites excluding steroid dienone is 5. The second-order valence-corrected chi connectivity index (χ2v) is 2.90. The van der Waals surface area contributed by atoms with Crippen molar-refractivity contribution in [3.05, 3.63) is 35.5 Å². The van der Waals surface area contributed by atoms with Crippen molar-refractivity contribution in [1.29, 1.82) is 0 Å². The average Bonchev–Trinajstić information content (AvgIpc) is 2.00. The van der Waals surface area contributed by atoms with E-state index in [4.69, 9.17) is 0 Å². The maximum Gasteiger partial charge on any atom is 0.0113 e. The fourth-order valence-corrected chi connectivity index (χ4v) is 0.822. The highest BCUT2D eigenvalue weighted by molar-refractivity contribution is 7.80. The van der Waals surface area contributed by atoms with Gasteiger partial charge in [-0.1, -0.05) is 35.5 Å². The standard InChI is InChI=1S/C10H16S/c1-4-5-6-9(2)7-10(3)8-11/h4-7,11H,8H2,1-3H3/b5-4-,9-6-,10-7+. The summed E-state index contributed by atoms with van der Waals surface area (Å²) in [5.74, 6) is 0.834. The molecule has 0 heterocycles. The zero-order valence-corrected chi connectivity index (χ0v) is 8.36. The number of hydrogen-bond donors (Lipinski definition) is 1. The molecule has 0 aliphatic carbocycles. The molecule has 0 fully saturated rings. The summed E-state index contributed by atoms with van der Waals surface area (Å²) in [6.07, 6.45) is 8.30. The molecular weight excluding hydrogens is 152 g/mol. The van der Waals surface area contributed by atoms with Gasteiger partial charge in [0.15, 0.2) is 0 Å². The lowest BCUT2D eigenvalue weighted by atomic mass is 10.2. The van der Waals surface area contributed by atoms with Gasteiger partial charge in [0, 0.05) is 5.75 Å². The zero-order valence-electron chi connectivity index (χ0n) is 7.46. The first-order valence-corrected chi connectivity index (χ1v) is 4.41. The van der Waals surface area contributed by atoms with Crippen LogP contribution in [0.4, 0.5) is 0 Å². The average molecular weight is 168 g/mol. The summed E-state index contributed by atoms with van der Waals surface area (Å²) in [5, 5.41) is 0. The first-order chi connectivity index (χ1) is 5.20. The number of rotatable bonds is 3. The maximum absolute atomic E-state index is 4.17. The first kappa shape index (κ1) is 10.6. The summed E-state index contributed by atoms with van der Waals surface area (Å²) in [7, 11) is 0. The smallest absolute Gasteiger partial charge is 0.0113 e. The Morgan fingerprint density at radius 2 is 2.00 bits per heavy atom. The molecule has 0 atom stereocenters. The molecule has 0 saturated heterocycles. The second-order valence-electron chi connectivity index (χ2n) is 2.59. The zero-order chi connectivity index (χ0) is 8.69. The van der Waals surface area contributed by atoms with Crippen LogP contribution in [0, 0.1) is 0 Å². The molecule has 0 rings (SSSR count). The fraction of sp³-hybridized carbons (Fsp3) is 0.400. The van der Waals surface area contributed by atoms with Crippen molar-refractivity contribution in [3.63, 3.8) is 0 Å². The summed E-state index contributed by atoms with van der Waals surface area (Å²) in [5.41, 5.74) is 2.57. The van der Waals surface area contributed by atoms with Gasteiger partial charge in [-0.2, -0.15) is 12.6 Å². The number of thiol groups is 1. The minimum Gasteiger partial charge on any atom is -0.175 e. The largest absolute Gasteiger partial charge is 0.175 e. The molecule has 0 N–H and O–H groups in total. The van der Waals surface area contributed by atoms with Crippen molar-refractivity contribution >= 4 is 12.6 Å². The lowest BCUT2D eigenvalue weighted by molar-refractivity contribution is 1.37. The van der Waals surface area contributed by atoms with E-state index in [2.05, 4.69) is 38.6 Å². The molecule has 0 aromatic carbocycles. The quantitative estimate of drug-likeness (QED) is 0.484. The molecule has 11 heavy (non-hydrogen) atoms. The van der Waals surface area contributed by atoms with Crippen LogP contribution >= 0.6 is 12.6 Å². The van der Waals surface area contributed by atoms with E-state index in [1.54, 1.807) is 0 Å². The molecule has 0 bridgehead atoms. The Balaban J connectivity index is 4.14. The van der Waals surface area contributed by atoms with E-state index in [9.17, 15) is 0 Å². The van der Waals surface area contributed by atoms with Crippen molar-refractivity contribution < 1.29 is 0 Å². The van der Waals surface area contributed by atoms with Gasteiger partial charge in [-0.25, -0.2) is 0 Å². The summed E-state index contributed by atoms with van der Waals surface area (Å²) in [6.45, 7) is 6.19. The molecule has 0 aliphatic heterocycles. The van der Waals surface area contributed by atoms with Crippen molar-refractivity contribution in [2.45, 2.75) is 20.8 Å². The van der Waals surface area contributed by atoms with Gasteiger partial charge < -0.3 is 0 Å². The summed E-state index contributed by atoms with van der Waals surface area (Å²) in [6, 6.07) is 0. The normalized spacial score (nSPS) is 14.5. The third-order valence-corrected chi connectivity index (χ3v) is 1.77. The summed E-state index contributed by atoms with van der Waals surface area (Å²) >= 11 is 4.17. The Kier molecular flexibility index (Phi) is 6.05. The van der Waals surface area contributed by atoms with Crippen molar-refractivity contribution in [2.24, 2.45) is 0 Å². The van der Waals surface area contributed by atoms with Crippen LogP contribution in [0.1, 0.15) is 20.8 Å². The van der Waals surface area contributed by atoms with Crippen LogP contribution in [0.25, 0.3) is 0 Å². The van der Waals surface area contributed by atoms with Gasteiger partial charge in [0.2, 0.25) is 0 Å². The molecule has 0 radical (unpaired) electrons. The summed E-state index contributed by atoms with van der Waals surface area (Å²) in [4.78, 5) is 0. The molecule has 0 nitrogen and oxygen atoms in total. The third kappa shape index (κ3) is 5.99. The Bertz CT molecular complexity index is 185. The molecule has 1 heteroatoms. The van der Waals surface area contributed by atoms with Crippen LogP contribution in [-0.2, 0) is 0 Å². The Labute approximate surface area is 75.1 Å². The summed E-state index contributed by atoms with van der Waals surface area (Å²) < 4.78 is 0. The second kappa shape index (κ2) is 6.29. The molecule has 0 unspecified atom stereocenters. The Hall–Kier alpha value is -0.430. The van der Waals surface area contributed by atoms with Crippen LogP contribution in [0.5, 0.6) is 0 Å². The third-order valence-electron chi connectivity index (χ3n) is 1.28.